The molecule has 1 fully saturated rings. The molecule has 64 heavy (non-hydrogen) atoms. The highest BCUT2D eigenvalue weighted by molar-refractivity contribution is 6.10. The van der Waals surface area contributed by atoms with Crippen LogP contribution in [0.5, 0.6) is 5.75 Å². The molecule has 3 rings (SSSR count). The third-order valence-electron chi connectivity index (χ3n) is 10.8. The van der Waals surface area contributed by atoms with Crippen LogP contribution in [0.15, 0.2) is 94.6 Å². The number of primary amides is 1. The van der Waals surface area contributed by atoms with Crippen LogP contribution < -0.4 is 42.2 Å². The number of benzene rings is 2. The molecule has 0 bridgehead atoms. The number of rotatable bonds is 28. The Morgan fingerprint density at radius 3 is 2.34 bits per heavy atom. The Labute approximate surface area is 383 Å². The average molecular weight is 880 g/mol. The normalized spacial score (nSPS) is 15.2. The van der Waals surface area contributed by atoms with Crippen LogP contribution in [-0.4, -0.2) is 107 Å². The number of hydrogen-bond acceptors (Lipinski definition) is 11. The zero-order valence-corrected chi connectivity index (χ0v) is 39.8. The van der Waals surface area contributed by atoms with E-state index < -0.39 is 5.91 Å². The molecule has 1 atom stereocenters. The highest BCUT2D eigenvalue weighted by Gasteiger charge is 2.21. The minimum Gasteiger partial charge on any atom is -0.491 e. The number of nitrogens with zero attached hydrogens (tertiary/aromatic N) is 6. The zero-order valence-electron chi connectivity index (χ0n) is 39.8. The molecule has 1 heterocycles. The predicted molar refractivity (Wildman–Crippen MR) is 270 cm³/mol. The Morgan fingerprint density at radius 2 is 1.67 bits per heavy atom. The molecule has 2 amide bonds. The summed E-state index contributed by atoms with van der Waals surface area (Å²) in [5.41, 5.74) is 23.8. The molecule has 2 aromatic rings. The summed E-state index contributed by atoms with van der Waals surface area (Å²) in [4.78, 5) is 37.1. The van der Waals surface area contributed by atoms with E-state index in [4.69, 9.17) is 21.2 Å². The first-order chi connectivity index (χ1) is 30.9. The summed E-state index contributed by atoms with van der Waals surface area (Å²) in [5.74, 6) is 1.32. The van der Waals surface area contributed by atoms with Crippen molar-refractivity contribution in [3.05, 3.63) is 96.1 Å². The van der Waals surface area contributed by atoms with E-state index in [1.807, 2.05) is 83.2 Å². The van der Waals surface area contributed by atoms with Crippen molar-refractivity contribution in [2.24, 2.45) is 26.8 Å². The van der Waals surface area contributed by atoms with Gasteiger partial charge in [0.2, 0.25) is 5.91 Å². The van der Waals surface area contributed by atoms with E-state index in [9.17, 15) is 9.59 Å². The molecule has 2 aromatic carbocycles. The number of carbonyl (C=O) groups excluding carboxylic acids is 2. The number of nitrogen functional groups attached to an aromatic ring is 1. The molecule has 1 aliphatic heterocycles. The van der Waals surface area contributed by atoms with Crippen LogP contribution in [0.25, 0.3) is 0 Å². The Bertz CT molecular complexity index is 1970. The fourth-order valence-electron chi connectivity index (χ4n) is 7.60. The molecule has 350 valence electrons. The van der Waals surface area contributed by atoms with E-state index in [-0.39, 0.29) is 11.5 Å². The number of likely N-dealkylation sites (tertiary alicyclic amines) is 1. The summed E-state index contributed by atoms with van der Waals surface area (Å²) in [7, 11) is 1.77. The number of piperidine rings is 1. The van der Waals surface area contributed by atoms with Crippen LogP contribution in [0, 0.1) is 12.8 Å². The third kappa shape index (κ3) is 18.1. The molecule has 0 radical (unpaired) electrons. The Kier molecular flexibility index (Phi) is 24.2. The first kappa shape index (κ1) is 52.5. The molecule has 0 spiro atoms. The molecule has 1 aliphatic rings. The second kappa shape index (κ2) is 29.5. The molecule has 0 saturated carbocycles. The lowest BCUT2D eigenvalue weighted by molar-refractivity contribution is 0.0948. The monoisotopic (exact) mass is 880 g/mol. The molecular formula is C50H77N11O3. The molecular weight excluding hydrogens is 803 g/mol. The summed E-state index contributed by atoms with van der Waals surface area (Å²) in [6.45, 7) is 23.1. The molecule has 7 N–H and O–H groups in total. The molecule has 1 saturated heterocycles. The van der Waals surface area contributed by atoms with Gasteiger partial charge in [0.05, 0.1) is 23.7 Å². The van der Waals surface area contributed by atoms with Gasteiger partial charge in [0, 0.05) is 69.7 Å². The van der Waals surface area contributed by atoms with Gasteiger partial charge in [-0.2, -0.15) is 10.2 Å². The van der Waals surface area contributed by atoms with Crippen molar-refractivity contribution < 1.29 is 14.3 Å². The fraction of sp³-hybridized carbons (Fsp3) is 0.500. The van der Waals surface area contributed by atoms with E-state index in [0.29, 0.717) is 67.9 Å². The summed E-state index contributed by atoms with van der Waals surface area (Å²) in [6, 6.07) is 9.07. The number of hydrazone groups is 2. The van der Waals surface area contributed by atoms with Gasteiger partial charge in [-0.25, -0.2) is 0 Å². The Balaban J connectivity index is 1.92. The fourth-order valence-corrected chi connectivity index (χ4v) is 7.60. The molecule has 0 aromatic heterocycles. The maximum Gasteiger partial charge on any atom is 0.251 e. The van der Waals surface area contributed by atoms with Crippen LogP contribution >= 0.6 is 0 Å². The van der Waals surface area contributed by atoms with Crippen LogP contribution in [-0.2, 0) is 0 Å². The Morgan fingerprint density at radius 1 is 0.953 bits per heavy atom. The van der Waals surface area contributed by atoms with Crippen molar-refractivity contribution >= 4 is 46.1 Å². The van der Waals surface area contributed by atoms with Crippen molar-refractivity contribution in [3.63, 3.8) is 0 Å². The van der Waals surface area contributed by atoms with E-state index in [0.717, 1.165) is 67.5 Å². The van der Waals surface area contributed by atoms with Gasteiger partial charge in [-0.1, -0.05) is 37.6 Å². The van der Waals surface area contributed by atoms with Gasteiger partial charge in [-0.3, -0.25) is 14.6 Å². The van der Waals surface area contributed by atoms with Crippen LogP contribution in [0.1, 0.15) is 106 Å². The summed E-state index contributed by atoms with van der Waals surface area (Å²) < 4.78 is 6.26. The van der Waals surface area contributed by atoms with Crippen LogP contribution in [0.3, 0.4) is 0 Å². The number of amides is 2. The number of ether oxygens (including phenoxy) is 1. The van der Waals surface area contributed by atoms with Gasteiger partial charge in [-0.15, -0.1) is 6.58 Å². The second-order valence-electron chi connectivity index (χ2n) is 16.1. The van der Waals surface area contributed by atoms with Gasteiger partial charge in [0.15, 0.2) is 0 Å². The van der Waals surface area contributed by atoms with Crippen molar-refractivity contribution in [2.45, 2.75) is 86.5 Å². The number of anilines is 3. The van der Waals surface area contributed by atoms with E-state index in [2.05, 4.69) is 66.7 Å². The summed E-state index contributed by atoms with van der Waals surface area (Å²) in [5, 5.41) is 11.9. The number of carbonyl (C=O) groups is 2. The maximum absolute atomic E-state index is 13.4. The SMILES string of the molecule is C=CCCCOc1cc(C(N)=O)cc(N)c1N(C/C=C/CN(C(/C=C/C(C)=N\NCC)=N\C)c1ccc(C(=O)NCCCN2CCCC(CCC)C2)cc1C)C/C=C/C(C)=N\NCC. The number of aliphatic imine (C=N–C) groups is 1. The van der Waals surface area contributed by atoms with Crippen LogP contribution in [0.4, 0.5) is 17.1 Å². The number of nitrogens with one attached hydrogen (secondary N) is 3. The number of hydrogen-bond donors (Lipinski definition) is 5. The van der Waals surface area contributed by atoms with Crippen molar-refractivity contribution in [1.82, 2.24) is 21.1 Å². The topological polar surface area (TPSA) is 178 Å². The second-order valence-corrected chi connectivity index (χ2v) is 16.1. The molecule has 0 aliphatic carbocycles. The lowest BCUT2D eigenvalue weighted by atomic mass is 9.94. The smallest absolute Gasteiger partial charge is 0.251 e. The van der Waals surface area contributed by atoms with E-state index in [1.165, 1.54) is 32.2 Å². The first-order valence-electron chi connectivity index (χ1n) is 23.1. The first-order valence-corrected chi connectivity index (χ1v) is 23.1. The largest absolute Gasteiger partial charge is 0.491 e. The van der Waals surface area contributed by atoms with Gasteiger partial charge in [0.1, 0.15) is 17.3 Å². The molecule has 14 nitrogen and oxygen atoms in total. The molecule has 14 heteroatoms. The predicted octanol–water partition coefficient (Wildman–Crippen LogP) is 7.63. The number of allylic oxidation sites excluding steroid dienone is 3. The lowest BCUT2D eigenvalue weighted by Crippen LogP contribution is -2.37. The van der Waals surface area contributed by atoms with Crippen molar-refractivity contribution in [1.29, 1.82) is 0 Å². The lowest BCUT2D eigenvalue weighted by Gasteiger charge is -2.32. The van der Waals surface area contributed by atoms with Crippen molar-refractivity contribution in [3.8, 4) is 5.75 Å². The molecule has 1 unspecified atom stereocenters. The summed E-state index contributed by atoms with van der Waals surface area (Å²) >= 11 is 0. The zero-order chi connectivity index (χ0) is 46.7. The van der Waals surface area contributed by atoms with Crippen LogP contribution in [0.2, 0.25) is 0 Å². The van der Waals surface area contributed by atoms with Gasteiger partial charge in [-0.05, 0) is 146 Å². The minimum absolute atomic E-state index is 0.0763. The van der Waals surface area contributed by atoms with Gasteiger partial charge in [0.25, 0.3) is 5.91 Å². The highest BCUT2D eigenvalue weighted by Crippen LogP contribution is 2.36. The quantitative estimate of drug-likeness (QED) is 0.0144. The average Bonchev–Trinajstić information content (AvgIpc) is 3.28. The van der Waals surface area contributed by atoms with Gasteiger partial charge >= 0.3 is 0 Å². The number of amidine groups is 1. The van der Waals surface area contributed by atoms with Gasteiger partial charge < -0.3 is 47.1 Å². The third-order valence-corrected chi connectivity index (χ3v) is 10.8. The van der Waals surface area contributed by atoms with Crippen molar-refractivity contribution in [2.75, 3.05) is 88.1 Å². The van der Waals surface area contributed by atoms with E-state index in [1.54, 1.807) is 19.2 Å². The number of nitrogens with two attached hydrogens (primary N) is 2. The summed E-state index contributed by atoms with van der Waals surface area (Å²) in [6.07, 6.45) is 21.4. The number of unbranched alkanes of at least 4 members (excludes halogenated alkanes) is 1. The minimum atomic E-state index is -0.589. The maximum atomic E-state index is 13.4. The highest BCUT2D eigenvalue weighted by atomic mass is 16.5. The van der Waals surface area contributed by atoms with E-state index >= 15 is 0 Å². The number of aryl methyl sites for hydroxylation is 1. The Hall–Kier alpha value is -5.89. The standard InChI is InChI=1S/C50H77N11O3/c1-9-13-16-33-64-46-36-43(49(52)62)35-44(51)48(46)60(31-17-21-39(6)57-55-11-3)30-14-15-32-61(47(53-8)26-23-40(7)58-56-12-4)45-25-24-42(34-38(45)5)50(63)54-27-19-29-59-28-18-22-41(37-59)20-10-2/h9,14-15,17,21,23-26,34-36,41,55-56H,1,10-13,16,18-20,22,27-33,37,51H2,2-8H3,(H2,52,62)(H,54,63)/b15-14+,21-17+,26-23+,53-47-,57-39-,58-40-.